The van der Waals surface area contributed by atoms with Crippen LogP contribution in [0.25, 0.3) is 16.8 Å². The Kier molecular flexibility index (Phi) is 5.41. The van der Waals surface area contributed by atoms with Crippen molar-refractivity contribution in [3.8, 4) is 28.6 Å². The molecule has 0 saturated heterocycles. The molecular formula is C19H15FN6O3. The molecule has 0 aliphatic heterocycles. The van der Waals surface area contributed by atoms with Crippen molar-refractivity contribution in [3.05, 3.63) is 60.2 Å². The van der Waals surface area contributed by atoms with Crippen LogP contribution >= 0.6 is 0 Å². The van der Waals surface area contributed by atoms with Gasteiger partial charge >= 0.3 is 6.03 Å². The SMILES string of the molecule is N#CCOc1cccc(-c2ccc(-n3cc(NC(N)=O)c(C(N)=O)n3)cc2F)c1. The normalized spacial score (nSPS) is 10.2. The molecular weight excluding hydrogens is 379 g/mol. The first-order valence-corrected chi connectivity index (χ1v) is 8.25. The highest BCUT2D eigenvalue weighted by Gasteiger charge is 2.17. The number of primary amides is 2. The molecule has 9 nitrogen and oxygen atoms in total. The van der Waals surface area contributed by atoms with Gasteiger partial charge < -0.3 is 21.5 Å². The molecule has 0 fully saturated rings. The topological polar surface area (TPSA) is 149 Å². The second kappa shape index (κ2) is 8.10. The summed E-state index contributed by atoms with van der Waals surface area (Å²) in [6, 6.07) is 11.9. The van der Waals surface area contributed by atoms with Gasteiger partial charge in [0, 0.05) is 11.6 Å². The lowest BCUT2D eigenvalue weighted by Gasteiger charge is -2.08. The van der Waals surface area contributed by atoms with E-state index in [9.17, 15) is 14.0 Å². The van der Waals surface area contributed by atoms with Gasteiger partial charge in [-0.15, -0.1) is 0 Å². The molecule has 3 rings (SSSR count). The zero-order valence-electron chi connectivity index (χ0n) is 14.9. The van der Waals surface area contributed by atoms with E-state index in [1.54, 1.807) is 30.3 Å². The van der Waals surface area contributed by atoms with E-state index in [1.165, 1.54) is 23.0 Å². The summed E-state index contributed by atoms with van der Waals surface area (Å²) >= 11 is 0. The smallest absolute Gasteiger partial charge is 0.316 e. The van der Waals surface area contributed by atoms with Crippen molar-refractivity contribution < 1.29 is 18.7 Å². The second-order valence-electron chi connectivity index (χ2n) is 5.83. The Balaban J connectivity index is 1.95. The van der Waals surface area contributed by atoms with Crippen LogP contribution in [0.5, 0.6) is 5.75 Å². The van der Waals surface area contributed by atoms with Crippen LogP contribution in [0.2, 0.25) is 0 Å². The third-order valence-electron chi connectivity index (χ3n) is 3.87. The van der Waals surface area contributed by atoms with Crippen LogP contribution in [0.4, 0.5) is 14.9 Å². The van der Waals surface area contributed by atoms with E-state index in [4.69, 9.17) is 21.5 Å². The predicted octanol–water partition coefficient (Wildman–Crippen LogP) is 2.17. The minimum atomic E-state index is -0.896. The van der Waals surface area contributed by atoms with Crippen molar-refractivity contribution in [1.82, 2.24) is 9.78 Å². The lowest BCUT2D eigenvalue weighted by molar-refractivity contribution is 0.0996. The molecule has 146 valence electrons. The lowest BCUT2D eigenvalue weighted by atomic mass is 10.0. The summed E-state index contributed by atoms with van der Waals surface area (Å²) in [5, 5.41) is 14.8. The van der Waals surface area contributed by atoms with Crippen LogP contribution in [0.1, 0.15) is 10.5 Å². The summed E-state index contributed by atoms with van der Waals surface area (Å²) in [5.41, 5.74) is 11.3. The molecule has 2 aromatic carbocycles. The van der Waals surface area contributed by atoms with Crippen molar-refractivity contribution in [2.24, 2.45) is 11.5 Å². The fraction of sp³-hybridized carbons (Fsp3) is 0.0526. The fourth-order valence-electron chi connectivity index (χ4n) is 2.66. The number of amides is 3. The van der Waals surface area contributed by atoms with Gasteiger partial charge in [-0.2, -0.15) is 10.4 Å². The van der Waals surface area contributed by atoms with E-state index >= 15 is 0 Å². The van der Waals surface area contributed by atoms with Gasteiger partial charge in [0.2, 0.25) is 0 Å². The molecule has 0 aliphatic rings. The highest BCUT2D eigenvalue weighted by molar-refractivity contribution is 6.00. The number of urea groups is 1. The largest absolute Gasteiger partial charge is 0.479 e. The van der Waals surface area contributed by atoms with Gasteiger partial charge in [0.25, 0.3) is 5.91 Å². The molecule has 10 heteroatoms. The summed E-state index contributed by atoms with van der Waals surface area (Å²) in [6.45, 7) is -0.117. The molecule has 0 radical (unpaired) electrons. The maximum absolute atomic E-state index is 14.8. The van der Waals surface area contributed by atoms with Crippen LogP contribution in [-0.2, 0) is 0 Å². The van der Waals surface area contributed by atoms with E-state index in [2.05, 4.69) is 10.4 Å². The minimum Gasteiger partial charge on any atom is -0.479 e. The number of nitrogens with one attached hydrogen (secondary N) is 1. The standard InChI is InChI=1S/C19H15FN6O3/c20-15-9-12(26-10-16(24-19(23)28)17(25-26)18(22)27)4-5-14(15)11-2-1-3-13(8-11)29-7-6-21/h1-5,8-10H,7H2,(H2,22,27)(H3,23,24,28). The molecule has 3 aromatic rings. The Morgan fingerprint density at radius 2 is 2.03 bits per heavy atom. The van der Waals surface area contributed by atoms with Crippen LogP contribution in [0, 0.1) is 17.1 Å². The first-order valence-electron chi connectivity index (χ1n) is 8.25. The molecule has 0 unspecified atom stereocenters. The average Bonchev–Trinajstić information content (AvgIpc) is 3.10. The first-order chi connectivity index (χ1) is 13.9. The first kappa shape index (κ1) is 19.4. The number of rotatable bonds is 6. The van der Waals surface area contributed by atoms with Crippen molar-refractivity contribution in [2.75, 3.05) is 11.9 Å². The zero-order valence-corrected chi connectivity index (χ0v) is 14.9. The predicted molar refractivity (Wildman–Crippen MR) is 102 cm³/mol. The van der Waals surface area contributed by atoms with Crippen LogP contribution in [-0.4, -0.2) is 28.3 Å². The number of aromatic nitrogens is 2. The Hall–Kier alpha value is -4.39. The van der Waals surface area contributed by atoms with E-state index < -0.39 is 17.8 Å². The van der Waals surface area contributed by atoms with Crippen LogP contribution < -0.4 is 21.5 Å². The van der Waals surface area contributed by atoms with Crippen LogP contribution in [0.3, 0.4) is 0 Å². The number of nitrogens with zero attached hydrogens (tertiary/aromatic N) is 3. The molecule has 29 heavy (non-hydrogen) atoms. The van der Waals surface area contributed by atoms with Gasteiger partial charge in [-0.3, -0.25) is 4.79 Å². The minimum absolute atomic E-state index is 0.0110. The maximum Gasteiger partial charge on any atom is 0.316 e. The van der Waals surface area contributed by atoms with Crippen molar-refractivity contribution in [1.29, 1.82) is 5.26 Å². The van der Waals surface area contributed by atoms with Crippen molar-refractivity contribution in [2.45, 2.75) is 0 Å². The molecule has 0 bridgehead atoms. The molecule has 0 atom stereocenters. The van der Waals surface area contributed by atoms with Crippen LogP contribution in [0.15, 0.2) is 48.7 Å². The monoisotopic (exact) mass is 394 g/mol. The number of carbonyl (C=O) groups excluding carboxylic acids is 2. The third kappa shape index (κ3) is 4.30. The van der Waals surface area contributed by atoms with Gasteiger partial charge in [-0.25, -0.2) is 13.9 Å². The Morgan fingerprint density at radius 3 is 2.69 bits per heavy atom. The van der Waals surface area contributed by atoms with E-state index in [0.717, 1.165) is 0 Å². The number of halogens is 1. The number of ether oxygens (including phenoxy) is 1. The van der Waals surface area contributed by atoms with Gasteiger partial charge in [-0.1, -0.05) is 12.1 Å². The molecule has 0 aliphatic carbocycles. The summed E-state index contributed by atoms with van der Waals surface area (Å²) in [5.74, 6) is -0.993. The number of nitrogens with two attached hydrogens (primary N) is 2. The van der Waals surface area contributed by atoms with Gasteiger partial charge in [0.15, 0.2) is 12.3 Å². The third-order valence-corrected chi connectivity index (χ3v) is 3.87. The Bertz CT molecular complexity index is 1140. The number of hydrogen-bond acceptors (Lipinski definition) is 5. The summed E-state index contributed by atoms with van der Waals surface area (Å²) in [6.07, 6.45) is 1.30. The van der Waals surface area contributed by atoms with E-state index in [-0.39, 0.29) is 18.0 Å². The summed E-state index contributed by atoms with van der Waals surface area (Å²) in [4.78, 5) is 22.6. The van der Waals surface area contributed by atoms with Gasteiger partial charge in [0.1, 0.15) is 17.6 Å². The summed E-state index contributed by atoms with van der Waals surface area (Å²) in [7, 11) is 0. The molecule has 0 spiro atoms. The number of hydrogen-bond donors (Lipinski definition) is 3. The van der Waals surface area contributed by atoms with E-state index in [0.29, 0.717) is 22.6 Å². The molecule has 0 saturated carbocycles. The number of benzene rings is 2. The quantitative estimate of drug-likeness (QED) is 0.586. The number of anilines is 1. The fourth-order valence-corrected chi connectivity index (χ4v) is 2.66. The number of carbonyl (C=O) groups is 2. The van der Waals surface area contributed by atoms with Gasteiger partial charge in [-0.05, 0) is 29.8 Å². The molecule has 5 N–H and O–H groups in total. The van der Waals surface area contributed by atoms with Gasteiger partial charge in [0.05, 0.1) is 17.6 Å². The highest BCUT2D eigenvalue weighted by atomic mass is 19.1. The van der Waals surface area contributed by atoms with Crippen molar-refractivity contribution in [3.63, 3.8) is 0 Å². The summed E-state index contributed by atoms with van der Waals surface area (Å²) < 4.78 is 21.2. The Morgan fingerprint density at radius 1 is 1.24 bits per heavy atom. The van der Waals surface area contributed by atoms with Crippen molar-refractivity contribution >= 4 is 17.6 Å². The molecule has 1 aromatic heterocycles. The van der Waals surface area contributed by atoms with E-state index in [1.807, 2.05) is 6.07 Å². The number of nitriles is 1. The molecule has 1 heterocycles. The second-order valence-corrected chi connectivity index (χ2v) is 5.83. The maximum atomic E-state index is 14.8. The average molecular weight is 394 g/mol. The Labute approximate surface area is 164 Å². The lowest BCUT2D eigenvalue weighted by Crippen LogP contribution is -2.22. The highest BCUT2D eigenvalue weighted by Crippen LogP contribution is 2.28. The molecule has 3 amide bonds. The zero-order chi connectivity index (χ0) is 21.0.